The molecule has 0 heterocycles. The number of rotatable bonds is 7. The molecule has 2 rings (SSSR count). The van der Waals surface area contributed by atoms with E-state index in [1.54, 1.807) is 0 Å². The minimum atomic E-state index is -4.84. The van der Waals surface area contributed by atoms with E-state index in [0.717, 1.165) is 6.07 Å². The third kappa shape index (κ3) is 5.85. The number of hydrogen-bond donors (Lipinski definition) is 2. The second-order valence-corrected chi connectivity index (χ2v) is 5.54. The number of para-hydroxylation sites is 2. The van der Waals surface area contributed by atoms with Gasteiger partial charge in [-0.2, -0.15) is 0 Å². The third-order valence-corrected chi connectivity index (χ3v) is 3.60. The van der Waals surface area contributed by atoms with Gasteiger partial charge in [0.15, 0.2) is 5.75 Å². The predicted octanol–water partition coefficient (Wildman–Crippen LogP) is 4.31. The Morgan fingerprint density at radius 1 is 1.04 bits per heavy atom. The van der Waals surface area contributed by atoms with Crippen LogP contribution in [-0.2, 0) is 4.79 Å². The van der Waals surface area contributed by atoms with Gasteiger partial charge < -0.3 is 24.8 Å². The van der Waals surface area contributed by atoms with Gasteiger partial charge in [0.25, 0.3) is 0 Å². The first-order valence-electron chi connectivity index (χ1n) is 7.53. The maximum atomic E-state index is 12.4. The number of amides is 1. The molecular formula is C17H16ClF3N2O4. The predicted molar refractivity (Wildman–Crippen MR) is 94.8 cm³/mol. The summed E-state index contributed by atoms with van der Waals surface area (Å²) in [5.41, 5.74) is 0.316. The van der Waals surface area contributed by atoms with E-state index in [9.17, 15) is 18.0 Å². The van der Waals surface area contributed by atoms with Crippen molar-refractivity contribution in [2.75, 3.05) is 31.4 Å². The number of anilines is 2. The molecule has 0 bridgehead atoms. The van der Waals surface area contributed by atoms with Crippen molar-refractivity contribution in [3.63, 3.8) is 0 Å². The molecule has 0 aliphatic heterocycles. The molecule has 1 amide bonds. The summed E-state index contributed by atoms with van der Waals surface area (Å²) in [5, 5.41) is 5.47. The monoisotopic (exact) mass is 404 g/mol. The van der Waals surface area contributed by atoms with E-state index >= 15 is 0 Å². The van der Waals surface area contributed by atoms with E-state index in [2.05, 4.69) is 15.4 Å². The molecule has 0 saturated heterocycles. The molecule has 0 fully saturated rings. The first kappa shape index (κ1) is 20.5. The van der Waals surface area contributed by atoms with Crippen molar-refractivity contribution >= 4 is 28.9 Å². The molecule has 6 nitrogen and oxygen atoms in total. The molecule has 0 aromatic heterocycles. The number of alkyl halides is 3. The van der Waals surface area contributed by atoms with Gasteiger partial charge in [0.05, 0.1) is 37.2 Å². The van der Waals surface area contributed by atoms with Crippen LogP contribution in [0, 0.1) is 0 Å². The van der Waals surface area contributed by atoms with Crippen LogP contribution in [0.15, 0.2) is 36.4 Å². The normalized spacial score (nSPS) is 10.9. The van der Waals surface area contributed by atoms with Crippen molar-refractivity contribution < 1.29 is 32.2 Å². The lowest BCUT2D eigenvalue weighted by Crippen LogP contribution is -2.23. The molecule has 0 saturated carbocycles. The van der Waals surface area contributed by atoms with E-state index in [1.807, 2.05) is 0 Å². The van der Waals surface area contributed by atoms with Crippen LogP contribution in [0.3, 0.4) is 0 Å². The highest BCUT2D eigenvalue weighted by Crippen LogP contribution is 2.36. The van der Waals surface area contributed by atoms with Crippen LogP contribution >= 0.6 is 11.6 Å². The first-order valence-corrected chi connectivity index (χ1v) is 7.91. The minimum Gasteiger partial charge on any atom is -0.495 e. The topological polar surface area (TPSA) is 68.8 Å². The summed E-state index contributed by atoms with van der Waals surface area (Å²) in [6.07, 6.45) is -4.84. The van der Waals surface area contributed by atoms with E-state index in [4.69, 9.17) is 21.1 Å². The van der Waals surface area contributed by atoms with Gasteiger partial charge in [-0.05, 0) is 12.1 Å². The van der Waals surface area contributed by atoms with Gasteiger partial charge in [0, 0.05) is 12.1 Å². The number of hydrogen-bond acceptors (Lipinski definition) is 5. The van der Waals surface area contributed by atoms with Crippen LogP contribution < -0.4 is 24.8 Å². The van der Waals surface area contributed by atoms with Crippen molar-refractivity contribution in [3.05, 3.63) is 41.4 Å². The van der Waals surface area contributed by atoms with Gasteiger partial charge >= 0.3 is 6.36 Å². The van der Waals surface area contributed by atoms with Gasteiger partial charge in [-0.25, -0.2) is 0 Å². The molecular weight excluding hydrogens is 389 g/mol. The number of carbonyl (C=O) groups is 1. The molecule has 2 N–H and O–H groups in total. The molecule has 0 aliphatic rings. The zero-order valence-corrected chi connectivity index (χ0v) is 15.1. The SMILES string of the molecule is COc1cc(NC(=O)CNc2ccccc2OC(F)(F)F)c(OC)cc1Cl. The Hall–Kier alpha value is -2.81. The standard InChI is InChI=1S/C17H16ClF3N2O4/c1-25-14-8-12(15(26-2)7-10(14)18)23-16(24)9-22-11-5-3-4-6-13(11)27-17(19,20)21/h3-8,22H,9H2,1-2H3,(H,23,24). The molecule has 0 spiro atoms. The van der Waals surface area contributed by atoms with Gasteiger partial charge in [-0.3, -0.25) is 4.79 Å². The fraction of sp³-hybridized carbons (Fsp3) is 0.235. The molecule has 146 valence electrons. The number of benzene rings is 2. The summed E-state index contributed by atoms with van der Waals surface area (Å²) in [5.74, 6) is -0.345. The first-order chi connectivity index (χ1) is 12.7. The van der Waals surface area contributed by atoms with Gasteiger partial charge in [-0.1, -0.05) is 23.7 Å². The van der Waals surface area contributed by atoms with Crippen LogP contribution in [0.2, 0.25) is 5.02 Å². The Morgan fingerprint density at radius 2 is 1.70 bits per heavy atom. The van der Waals surface area contributed by atoms with E-state index in [0.29, 0.717) is 22.2 Å². The fourth-order valence-electron chi connectivity index (χ4n) is 2.15. The van der Waals surface area contributed by atoms with E-state index in [1.165, 1.54) is 44.6 Å². The summed E-state index contributed by atoms with van der Waals surface area (Å²) in [4.78, 5) is 12.2. The Labute approximate surface area is 158 Å². The van der Waals surface area contributed by atoms with Crippen LogP contribution in [-0.4, -0.2) is 33.0 Å². The van der Waals surface area contributed by atoms with Crippen LogP contribution in [0.25, 0.3) is 0 Å². The summed E-state index contributed by atoms with van der Waals surface area (Å²) >= 11 is 5.99. The van der Waals surface area contributed by atoms with Crippen LogP contribution in [0.4, 0.5) is 24.5 Å². The number of nitrogens with one attached hydrogen (secondary N) is 2. The molecule has 10 heteroatoms. The fourth-order valence-corrected chi connectivity index (χ4v) is 2.39. The highest BCUT2D eigenvalue weighted by molar-refractivity contribution is 6.32. The summed E-state index contributed by atoms with van der Waals surface area (Å²) in [6, 6.07) is 8.34. The summed E-state index contributed by atoms with van der Waals surface area (Å²) in [6.45, 7) is -0.313. The molecule has 27 heavy (non-hydrogen) atoms. The van der Waals surface area contributed by atoms with Crippen molar-refractivity contribution in [1.29, 1.82) is 0 Å². The third-order valence-electron chi connectivity index (χ3n) is 3.30. The molecule has 2 aromatic carbocycles. The van der Waals surface area contributed by atoms with Gasteiger partial charge in [-0.15, -0.1) is 13.2 Å². The Bertz CT molecular complexity index is 815. The zero-order valence-electron chi connectivity index (χ0n) is 14.3. The van der Waals surface area contributed by atoms with Gasteiger partial charge in [0.1, 0.15) is 11.5 Å². The van der Waals surface area contributed by atoms with Crippen molar-refractivity contribution in [2.45, 2.75) is 6.36 Å². The average Bonchev–Trinajstić information content (AvgIpc) is 2.60. The summed E-state index contributed by atoms with van der Waals surface area (Å²) < 4.78 is 51.4. The lowest BCUT2D eigenvalue weighted by molar-refractivity contribution is -0.274. The van der Waals surface area contributed by atoms with Crippen molar-refractivity contribution in [3.8, 4) is 17.2 Å². The second-order valence-electron chi connectivity index (χ2n) is 5.13. The van der Waals surface area contributed by atoms with Crippen molar-refractivity contribution in [2.24, 2.45) is 0 Å². The molecule has 2 aromatic rings. The number of halogens is 4. The van der Waals surface area contributed by atoms with Crippen molar-refractivity contribution in [1.82, 2.24) is 0 Å². The highest BCUT2D eigenvalue weighted by atomic mass is 35.5. The lowest BCUT2D eigenvalue weighted by Gasteiger charge is -2.15. The number of methoxy groups -OCH3 is 2. The largest absolute Gasteiger partial charge is 0.573 e. The Morgan fingerprint density at radius 3 is 2.33 bits per heavy atom. The average molecular weight is 405 g/mol. The second kappa shape index (κ2) is 8.72. The number of carbonyl (C=O) groups excluding carboxylic acids is 1. The molecule has 0 aliphatic carbocycles. The zero-order chi connectivity index (χ0) is 20.0. The van der Waals surface area contributed by atoms with Crippen LogP contribution in [0.1, 0.15) is 0 Å². The highest BCUT2D eigenvalue weighted by Gasteiger charge is 2.32. The Kier molecular flexibility index (Phi) is 6.62. The molecule has 0 radical (unpaired) electrons. The minimum absolute atomic E-state index is 0.0191. The smallest absolute Gasteiger partial charge is 0.495 e. The quantitative estimate of drug-likeness (QED) is 0.720. The van der Waals surface area contributed by atoms with E-state index < -0.39 is 18.0 Å². The lowest BCUT2D eigenvalue weighted by atomic mass is 10.2. The molecule has 0 unspecified atom stereocenters. The van der Waals surface area contributed by atoms with E-state index in [-0.39, 0.29) is 12.2 Å². The maximum Gasteiger partial charge on any atom is 0.573 e. The number of ether oxygens (including phenoxy) is 3. The molecule has 0 atom stereocenters. The maximum absolute atomic E-state index is 12.4. The van der Waals surface area contributed by atoms with Gasteiger partial charge in [0.2, 0.25) is 5.91 Å². The Balaban J connectivity index is 2.08. The summed E-state index contributed by atoms with van der Waals surface area (Å²) in [7, 11) is 2.81. The van der Waals surface area contributed by atoms with Crippen LogP contribution in [0.5, 0.6) is 17.2 Å².